The van der Waals surface area contributed by atoms with Gasteiger partial charge in [-0.05, 0) is 37.7 Å². The highest BCUT2D eigenvalue weighted by atomic mass is 16.2. The monoisotopic (exact) mass is 405 g/mol. The number of amides is 1. The summed E-state index contributed by atoms with van der Waals surface area (Å²) >= 11 is 0. The summed E-state index contributed by atoms with van der Waals surface area (Å²) in [4.78, 5) is 15.8. The number of aryl methyl sites for hydroxylation is 1. The molecule has 2 aliphatic rings. The van der Waals surface area contributed by atoms with Crippen LogP contribution in [0.2, 0.25) is 0 Å². The standard InChI is InChI=1S/C24H31N5O/c1-17(2)15-27-16-19(18-9-5-6-10-20(18)27)24(30)28-14-8-11-21(28)23-26-25-22-12-4-3-7-13-29(22)23/h5-6,9-10,16-17,21H,3-4,7-8,11-15H2,1-2H3. The molecule has 1 unspecified atom stereocenters. The topological polar surface area (TPSA) is 56.0 Å². The summed E-state index contributed by atoms with van der Waals surface area (Å²) in [5.74, 6) is 2.73. The highest BCUT2D eigenvalue weighted by molar-refractivity contribution is 6.07. The molecule has 0 spiro atoms. The van der Waals surface area contributed by atoms with Crippen LogP contribution in [0.25, 0.3) is 10.9 Å². The minimum absolute atomic E-state index is 0.0315. The number of aromatic nitrogens is 4. The first kappa shape index (κ1) is 19.3. The van der Waals surface area contributed by atoms with Gasteiger partial charge in [0.25, 0.3) is 5.91 Å². The van der Waals surface area contributed by atoms with Gasteiger partial charge in [0.2, 0.25) is 0 Å². The van der Waals surface area contributed by atoms with Crippen molar-refractivity contribution in [3.63, 3.8) is 0 Å². The van der Waals surface area contributed by atoms with Crippen LogP contribution in [0.5, 0.6) is 0 Å². The predicted octanol–water partition coefficient (Wildman–Crippen LogP) is 4.59. The van der Waals surface area contributed by atoms with E-state index in [9.17, 15) is 4.79 Å². The van der Waals surface area contributed by atoms with Gasteiger partial charge in [-0.25, -0.2) is 0 Å². The van der Waals surface area contributed by atoms with E-state index in [1.807, 2.05) is 11.0 Å². The lowest BCUT2D eigenvalue weighted by Gasteiger charge is -2.24. The molecule has 1 aromatic carbocycles. The zero-order chi connectivity index (χ0) is 20.7. The van der Waals surface area contributed by atoms with E-state index >= 15 is 0 Å². The summed E-state index contributed by atoms with van der Waals surface area (Å²) < 4.78 is 4.53. The fraction of sp³-hybridized carbons (Fsp3) is 0.542. The molecular formula is C24H31N5O. The van der Waals surface area contributed by atoms with Crippen molar-refractivity contribution in [2.45, 2.75) is 71.5 Å². The number of rotatable bonds is 4. The number of likely N-dealkylation sites (tertiary alicyclic amines) is 1. The van der Waals surface area contributed by atoms with E-state index < -0.39 is 0 Å². The second kappa shape index (κ2) is 7.89. The maximum atomic E-state index is 13.8. The van der Waals surface area contributed by atoms with Gasteiger partial charge in [0.15, 0.2) is 5.82 Å². The Morgan fingerprint density at radius 1 is 1.10 bits per heavy atom. The maximum Gasteiger partial charge on any atom is 0.256 e. The molecule has 2 aromatic heterocycles. The van der Waals surface area contributed by atoms with E-state index in [1.165, 1.54) is 19.3 Å². The molecule has 6 nitrogen and oxygen atoms in total. The first-order chi connectivity index (χ1) is 14.6. The molecule has 0 aliphatic carbocycles. The first-order valence-electron chi connectivity index (χ1n) is 11.4. The second-order valence-electron chi connectivity index (χ2n) is 9.20. The van der Waals surface area contributed by atoms with E-state index in [0.717, 1.165) is 67.0 Å². The van der Waals surface area contributed by atoms with Crippen molar-refractivity contribution in [2.24, 2.45) is 5.92 Å². The van der Waals surface area contributed by atoms with Crippen LogP contribution in [0.1, 0.15) is 74.0 Å². The van der Waals surface area contributed by atoms with Gasteiger partial charge in [0.05, 0.1) is 11.6 Å². The fourth-order valence-electron chi connectivity index (χ4n) is 5.15. The van der Waals surface area contributed by atoms with Crippen LogP contribution in [0, 0.1) is 5.92 Å². The van der Waals surface area contributed by atoms with Crippen LogP contribution >= 0.6 is 0 Å². The summed E-state index contributed by atoms with van der Waals surface area (Å²) in [5, 5.41) is 10.1. The fourth-order valence-corrected chi connectivity index (χ4v) is 5.15. The van der Waals surface area contributed by atoms with Crippen LogP contribution in [0.4, 0.5) is 0 Å². The number of carbonyl (C=O) groups excluding carboxylic acids is 1. The number of nitrogens with zero attached hydrogens (tertiary/aromatic N) is 5. The Bertz CT molecular complexity index is 1060. The van der Waals surface area contributed by atoms with Crippen molar-refractivity contribution >= 4 is 16.8 Å². The van der Waals surface area contributed by atoms with E-state index in [0.29, 0.717) is 5.92 Å². The Morgan fingerprint density at radius 3 is 2.83 bits per heavy atom. The molecule has 30 heavy (non-hydrogen) atoms. The Hall–Kier alpha value is -2.63. The zero-order valence-corrected chi connectivity index (χ0v) is 18.0. The van der Waals surface area contributed by atoms with Gasteiger partial charge in [-0.15, -0.1) is 10.2 Å². The highest BCUT2D eigenvalue weighted by Gasteiger charge is 2.35. The summed E-state index contributed by atoms with van der Waals surface area (Å²) in [6.07, 6.45) is 8.63. The molecule has 2 aliphatic heterocycles. The van der Waals surface area contributed by atoms with Crippen LogP contribution in [0.3, 0.4) is 0 Å². The lowest BCUT2D eigenvalue weighted by molar-refractivity contribution is 0.0728. The molecule has 158 valence electrons. The van der Waals surface area contributed by atoms with E-state index in [-0.39, 0.29) is 11.9 Å². The smallest absolute Gasteiger partial charge is 0.256 e. The number of hydrogen-bond donors (Lipinski definition) is 0. The lowest BCUT2D eigenvalue weighted by atomic mass is 10.1. The Kier molecular flexibility index (Phi) is 5.09. The van der Waals surface area contributed by atoms with Crippen LogP contribution in [0.15, 0.2) is 30.5 Å². The largest absolute Gasteiger partial charge is 0.346 e. The SMILES string of the molecule is CC(C)Cn1cc(C(=O)N2CCCC2c2nnc3n2CCCCC3)c2ccccc21. The molecule has 0 saturated carbocycles. The van der Waals surface area contributed by atoms with Crippen LogP contribution < -0.4 is 0 Å². The molecular weight excluding hydrogens is 374 g/mol. The van der Waals surface area contributed by atoms with E-state index in [2.05, 4.69) is 57.6 Å². The first-order valence-corrected chi connectivity index (χ1v) is 11.4. The van der Waals surface area contributed by atoms with Gasteiger partial charge < -0.3 is 14.0 Å². The predicted molar refractivity (Wildman–Crippen MR) is 117 cm³/mol. The summed E-state index contributed by atoms with van der Waals surface area (Å²) in [6.45, 7) is 7.10. The lowest BCUT2D eigenvalue weighted by Crippen LogP contribution is -2.32. The molecule has 1 atom stereocenters. The minimum atomic E-state index is 0.0315. The second-order valence-corrected chi connectivity index (χ2v) is 9.20. The number of benzene rings is 1. The molecule has 6 heteroatoms. The van der Waals surface area contributed by atoms with Crippen molar-refractivity contribution in [1.82, 2.24) is 24.2 Å². The Morgan fingerprint density at radius 2 is 1.97 bits per heavy atom. The highest BCUT2D eigenvalue weighted by Crippen LogP contribution is 2.35. The third-order valence-corrected chi connectivity index (χ3v) is 6.53. The molecule has 0 N–H and O–H groups in total. The van der Waals surface area contributed by atoms with Crippen molar-refractivity contribution in [2.75, 3.05) is 6.54 Å². The van der Waals surface area contributed by atoms with Gasteiger partial charge in [-0.2, -0.15) is 0 Å². The Labute approximate surface area is 177 Å². The number of hydrogen-bond acceptors (Lipinski definition) is 3. The summed E-state index contributed by atoms with van der Waals surface area (Å²) in [5.41, 5.74) is 1.95. The van der Waals surface area contributed by atoms with Gasteiger partial charge in [-0.1, -0.05) is 38.5 Å². The van der Waals surface area contributed by atoms with Crippen molar-refractivity contribution < 1.29 is 4.79 Å². The molecule has 0 radical (unpaired) electrons. The molecule has 1 saturated heterocycles. The molecule has 4 heterocycles. The van der Waals surface area contributed by atoms with Crippen LogP contribution in [-0.2, 0) is 19.5 Å². The van der Waals surface area contributed by atoms with Gasteiger partial charge in [0.1, 0.15) is 5.82 Å². The maximum absolute atomic E-state index is 13.8. The average molecular weight is 406 g/mol. The molecule has 1 amide bonds. The molecule has 5 rings (SSSR count). The summed E-state index contributed by atoms with van der Waals surface area (Å²) in [7, 11) is 0. The zero-order valence-electron chi connectivity index (χ0n) is 18.0. The van der Waals surface area contributed by atoms with E-state index in [1.54, 1.807) is 0 Å². The molecule has 3 aromatic rings. The Balaban J connectivity index is 1.50. The minimum Gasteiger partial charge on any atom is -0.346 e. The molecule has 0 bridgehead atoms. The summed E-state index contributed by atoms with van der Waals surface area (Å²) in [6, 6.07) is 8.31. The normalized spacial score (nSPS) is 19.4. The van der Waals surface area contributed by atoms with Crippen molar-refractivity contribution in [3.05, 3.63) is 47.7 Å². The van der Waals surface area contributed by atoms with Gasteiger partial charge in [-0.3, -0.25) is 4.79 Å². The van der Waals surface area contributed by atoms with Crippen molar-refractivity contribution in [3.8, 4) is 0 Å². The van der Waals surface area contributed by atoms with Gasteiger partial charge >= 0.3 is 0 Å². The third kappa shape index (κ3) is 3.32. The van der Waals surface area contributed by atoms with Crippen LogP contribution in [-0.4, -0.2) is 36.7 Å². The third-order valence-electron chi connectivity index (χ3n) is 6.53. The quantitative estimate of drug-likeness (QED) is 0.638. The van der Waals surface area contributed by atoms with E-state index in [4.69, 9.17) is 0 Å². The number of fused-ring (bicyclic) bond motifs is 2. The van der Waals surface area contributed by atoms with Gasteiger partial charge in [0, 0.05) is 43.2 Å². The number of carbonyl (C=O) groups is 1. The number of para-hydroxylation sites is 1. The average Bonchev–Trinajstić information content (AvgIpc) is 3.41. The van der Waals surface area contributed by atoms with Crippen molar-refractivity contribution in [1.29, 1.82) is 0 Å². The molecule has 1 fully saturated rings.